The van der Waals surface area contributed by atoms with E-state index in [2.05, 4.69) is 5.32 Å². The molecule has 1 unspecified atom stereocenters. The number of aliphatic hydroxyl groups is 1. The average molecular weight is 256 g/mol. The summed E-state index contributed by atoms with van der Waals surface area (Å²) in [6, 6.07) is 5.13. The van der Waals surface area contributed by atoms with Crippen molar-refractivity contribution in [2.45, 2.75) is 32.7 Å². The van der Waals surface area contributed by atoms with Gasteiger partial charge in [0.15, 0.2) is 0 Å². The highest BCUT2D eigenvalue weighted by Gasteiger charge is 2.24. The summed E-state index contributed by atoms with van der Waals surface area (Å²) in [5.41, 5.74) is 0.831. The third-order valence-corrected chi connectivity index (χ3v) is 3.21. The maximum absolute atomic E-state index is 12.0. The SMILES string of the molecule is CCC(C)(CO)NC(=O)c1ccc(Cl)cc1C. The van der Waals surface area contributed by atoms with Crippen LogP contribution in [-0.4, -0.2) is 23.2 Å². The number of aryl methyl sites for hydroxylation is 1. The summed E-state index contributed by atoms with van der Waals surface area (Å²) in [5.74, 6) is -0.183. The number of nitrogens with one attached hydrogen (secondary N) is 1. The van der Waals surface area contributed by atoms with Crippen LogP contribution >= 0.6 is 11.6 Å². The molecule has 0 aliphatic heterocycles. The minimum Gasteiger partial charge on any atom is -0.394 e. The molecule has 0 saturated carbocycles. The molecule has 17 heavy (non-hydrogen) atoms. The summed E-state index contributed by atoms with van der Waals surface area (Å²) in [4.78, 5) is 12.0. The minimum atomic E-state index is -0.580. The van der Waals surface area contributed by atoms with Crippen molar-refractivity contribution in [3.63, 3.8) is 0 Å². The zero-order valence-electron chi connectivity index (χ0n) is 10.4. The Balaban J connectivity index is 2.90. The van der Waals surface area contributed by atoms with Gasteiger partial charge in [0.25, 0.3) is 5.91 Å². The van der Waals surface area contributed by atoms with Gasteiger partial charge in [0, 0.05) is 10.6 Å². The fourth-order valence-corrected chi connectivity index (χ4v) is 1.69. The monoisotopic (exact) mass is 255 g/mol. The van der Waals surface area contributed by atoms with E-state index >= 15 is 0 Å². The van der Waals surface area contributed by atoms with Crippen LogP contribution < -0.4 is 5.32 Å². The molecule has 1 aromatic carbocycles. The third-order valence-electron chi connectivity index (χ3n) is 2.98. The summed E-state index contributed by atoms with van der Waals surface area (Å²) >= 11 is 5.84. The van der Waals surface area contributed by atoms with Crippen LogP contribution in [-0.2, 0) is 0 Å². The molecule has 1 rings (SSSR count). The minimum absolute atomic E-state index is 0.0815. The number of carbonyl (C=O) groups is 1. The molecule has 94 valence electrons. The first-order chi connectivity index (χ1) is 7.91. The number of benzene rings is 1. The molecule has 0 aliphatic rings. The van der Waals surface area contributed by atoms with Crippen LogP contribution in [0.2, 0.25) is 5.02 Å². The predicted molar refractivity (Wildman–Crippen MR) is 69.4 cm³/mol. The molecule has 0 heterocycles. The van der Waals surface area contributed by atoms with Crippen LogP contribution in [0.5, 0.6) is 0 Å². The second-order valence-electron chi connectivity index (χ2n) is 4.49. The van der Waals surface area contributed by atoms with Gasteiger partial charge in [-0.1, -0.05) is 18.5 Å². The van der Waals surface area contributed by atoms with Gasteiger partial charge in [0.2, 0.25) is 0 Å². The summed E-state index contributed by atoms with van der Waals surface area (Å²) in [7, 11) is 0. The van der Waals surface area contributed by atoms with Gasteiger partial charge < -0.3 is 10.4 Å². The topological polar surface area (TPSA) is 49.3 Å². The van der Waals surface area contributed by atoms with Crippen molar-refractivity contribution < 1.29 is 9.90 Å². The van der Waals surface area contributed by atoms with Crippen molar-refractivity contribution in [1.82, 2.24) is 5.32 Å². The molecule has 4 heteroatoms. The van der Waals surface area contributed by atoms with E-state index in [4.69, 9.17) is 11.6 Å². The van der Waals surface area contributed by atoms with Gasteiger partial charge in [-0.15, -0.1) is 0 Å². The number of rotatable bonds is 4. The number of amides is 1. The van der Waals surface area contributed by atoms with Gasteiger partial charge >= 0.3 is 0 Å². The second kappa shape index (κ2) is 5.52. The van der Waals surface area contributed by atoms with Crippen LogP contribution in [0.25, 0.3) is 0 Å². The average Bonchev–Trinajstić information content (AvgIpc) is 2.28. The summed E-state index contributed by atoms with van der Waals surface area (Å²) < 4.78 is 0. The molecule has 1 aromatic rings. The fourth-order valence-electron chi connectivity index (χ4n) is 1.46. The zero-order valence-corrected chi connectivity index (χ0v) is 11.1. The van der Waals surface area contributed by atoms with Gasteiger partial charge in [0.1, 0.15) is 0 Å². The lowest BCUT2D eigenvalue weighted by molar-refractivity contribution is 0.0847. The molecule has 3 nitrogen and oxygen atoms in total. The Bertz CT molecular complexity index is 414. The predicted octanol–water partition coefficient (Wildman–Crippen LogP) is 2.54. The van der Waals surface area contributed by atoms with E-state index in [-0.39, 0.29) is 12.5 Å². The van der Waals surface area contributed by atoms with Crippen molar-refractivity contribution in [2.24, 2.45) is 0 Å². The molecule has 0 bridgehead atoms. The van der Waals surface area contributed by atoms with E-state index in [1.54, 1.807) is 18.2 Å². The van der Waals surface area contributed by atoms with Crippen molar-refractivity contribution in [3.8, 4) is 0 Å². The Kier molecular flexibility index (Phi) is 4.54. The van der Waals surface area contributed by atoms with Crippen LogP contribution in [0.4, 0.5) is 0 Å². The molecule has 0 radical (unpaired) electrons. The third kappa shape index (κ3) is 3.45. The van der Waals surface area contributed by atoms with Gasteiger partial charge in [-0.25, -0.2) is 0 Å². The molecule has 1 amide bonds. The highest BCUT2D eigenvalue weighted by Crippen LogP contribution is 2.16. The highest BCUT2D eigenvalue weighted by molar-refractivity contribution is 6.30. The molecule has 2 N–H and O–H groups in total. The molecule has 0 fully saturated rings. The lowest BCUT2D eigenvalue weighted by atomic mass is 9.99. The van der Waals surface area contributed by atoms with Gasteiger partial charge in [-0.2, -0.15) is 0 Å². The maximum Gasteiger partial charge on any atom is 0.252 e. The second-order valence-corrected chi connectivity index (χ2v) is 4.92. The summed E-state index contributed by atoms with van der Waals surface area (Å²) in [6.07, 6.45) is 0.669. The Morgan fingerprint density at radius 1 is 1.53 bits per heavy atom. The standard InChI is InChI=1S/C13H18ClNO2/c1-4-13(3,8-16)15-12(17)11-6-5-10(14)7-9(11)2/h5-7,16H,4,8H2,1-3H3,(H,15,17). The van der Waals surface area contributed by atoms with Crippen molar-refractivity contribution in [2.75, 3.05) is 6.61 Å². The molecule has 0 aromatic heterocycles. The summed E-state index contributed by atoms with van der Waals surface area (Å²) in [6.45, 7) is 5.49. The quantitative estimate of drug-likeness (QED) is 0.869. The fraction of sp³-hybridized carbons (Fsp3) is 0.462. The van der Waals surface area contributed by atoms with Crippen LogP contribution in [0, 0.1) is 6.92 Å². The van der Waals surface area contributed by atoms with Gasteiger partial charge in [0.05, 0.1) is 12.1 Å². The van der Waals surface area contributed by atoms with E-state index in [9.17, 15) is 9.90 Å². The van der Waals surface area contributed by atoms with E-state index < -0.39 is 5.54 Å². The molecular weight excluding hydrogens is 238 g/mol. The number of halogens is 1. The van der Waals surface area contributed by atoms with Gasteiger partial charge in [-0.05, 0) is 44.0 Å². The van der Waals surface area contributed by atoms with E-state index in [1.807, 2.05) is 20.8 Å². The highest BCUT2D eigenvalue weighted by atomic mass is 35.5. The Morgan fingerprint density at radius 3 is 2.65 bits per heavy atom. The van der Waals surface area contributed by atoms with Crippen molar-refractivity contribution in [1.29, 1.82) is 0 Å². The normalized spacial score (nSPS) is 14.2. The number of hydrogen-bond acceptors (Lipinski definition) is 2. The molecule has 1 atom stereocenters. The molecule has 0 spiro atoms. The van der Waals surface area contributed by atoms with E-state index in [0.717, 1.165) is 5.56 Å². The first-order valence-electron chi connectivity index (χ1n) is 5.61. The lowest BCUT2D eigenvalue weighted by Gasteiger charge is -2.27. The first-order valence-corrected chi connectivity index (χ1v) is 5.99. The molecule has 0 saturated heterocycles. The smallest absolute Gasteiger partial charge is 0.252 e. The maximum atomic E-state index is 12.0. The Hall–Kier alpha value is -1.06. The number of hydrogen-bond donors (Lipinski definition) is 2. The van der Waals surface area contributed by atoms with E-state index in [0.29, 0.717) is 17.0 Å². The Morgan fingerprint density at radius 2 is 2.18 bits per heavy atom. The van der Waals surface area contributed by atoms with Crippen LogP contribution in [0.1, 0.15) is 36.2 Å². The van der Waals surface area contributed by atoms with Gasteiger partial charge in [-0.3, -0.25) is 4.79 Å². The van der Waals surface area contributed by atoms with Crippen LogP contribution in [0.3, 0.4) is 0 Å². The zero-order chi connectivity index (χ0) is 13.1. The Labute approximate surface area is 107 Å². The molecule has 0 aliphatic carbocycles. The first kappa shape index (κ1) is 14.0. The van der Waals surface area contributed by atoms with Crippen molar-refractivity contribution >= 4 is 17.5 Å². The van der Waals surface area contributed by atoms with Crippen LogP contribution in [0.15, 0.2) is 18.2 Å². The summed E-state index contributed by atoms with van der Waals surface area (Å²) in [5, 5.41) is 12.7. The molecular formula is C13H18ClNO2. The number of carbonyl (C=O) groups excluding carboxylic acids is 1. The van der Waals surface area contributed by atoms with E-state index in [1.165, 1.54) is 0 Å². The largest absolute Gasteiger partial charge is 0.394 e. The van der Waals surface area contributed by atoms with Crippen molar-refractivity contribution in [3.05, 3.63) is 34.3 Å². The lowest BCUT2D eigenvalue weighted by Crippen LogP contribution is -2.48. The number of aliphatic hydroxyl groups excluding tert-OH is 1.